The monoisotopic (exact) mass is 737 g/mol. The van der Waals surface area contributed by atoms with Gasteiger partial charge in [0.1, 0.15) is 48.8 Å². The molecule has 2 aromatic carbocycles. The predicted octanol–water partition coefficient (Wildman–Crippen LogP) is 1.98. The predicted molar refractivity (Wildman–Crippen MR) is 182 cm³/mol. The molecule has 286 valence electrons. The highest BCUT2D eigenvalue weighted by atomic mass is 16.8. The standard InChI is InChI=1S/C38H47N3O12/c1-37(2)48-19-23-27(51-37)30-31(53-38(3,4)52-30)32-40(33(43)34(44)41(23)32)17-16-25(42)39-26-29(46-18-21-12-8-6-9-13-21)28-24(49-36(26)45-5)20-47-35(50-28)22-14-10-7-11-15-22/h6-15,23-24,26-32,35-36H,16-20H2,1-5H3,(H,39,42)/t23-,24-,26+,27-,28-,29-,30+,31+,32+,35?,36+/m1/s1. The molecule has 8 rings (SSSR count). The molecule has 1 unspecified atom stereocenters. The lowest BCUT2D eigenvalue weighted by Crippen LogP contribution is -2.71. The van der Waals surface area contributed by atoms with E-state index in [1.165, 1.54) is 16.9 Å². The van der Waals surface area contributed by atoms with E-state index in [1.807, 2.05) is 60.7 Å². The maximum atomic E-state index is 13.9. The van der Waals surface area contributed by atoms with E-state index in [2.05, 4.69) is 5.32 Å². The number of nitrogens with zero attached hydrogens (tertiary/aromatic N) is 2. The number of carbonyl (C=O) groups excluding carboxylic acids is 3. The molecular weight excluding hydrogens is 690 g/mol. The van der Waals surface area contributed by atoms with Gasteiger partial charge in [-0.25, -0.2) is 0 Å². The van der Waals surface area contributed by atoms with Crippen molar-refractivity contribution in [1.29, 1.82) is 0 Å². The molecule has 11 atom stereocenters. The first-order valence-corrected chi connectivity index (χ1v) is 18.2. The van der Waals surface area contributed by atoms with Gasteiger partial charge >= 0.3 is 11.8 Å². The smallest absolute Gasteiger partial charge is 0.314 e. The third kappa shape index (κ3) is 6.99. The van der Waals surface area contributed by atoms with Crippen LogP contribution < -0.4 is 5.32 Å². The molecule has 0 radical (unpaired) electrons. The van der Waals surface area contributed by atoms with Gasteiger partial charge in [-0.1, -0.05) is 60.7 Å². The zero-order chi connectivity index (χ0) is 37.1. The molecule has 6 aliphatic rings. The highest BCUT2D eigenvalue weighted by Crippen LogP contribution is 2.46. The topological polar surface area (TPSA) is 153 Å². The van der Waals surface area contributed by atoms with Crippen molar-refractivity contribution in [1.82, 2.24) is 15.1 Å². The molecule has 6 fully saturated rings. The lowest BCUT2D eigenvalue weighted by Gasteiger charge is -2.52. The molecule has 0 bridgehead atoms. The maximum absolute atomic E-state index is 13.9. The fourth-order valence-corrected chi connectivity index (χ4v) is 8.34. The van der Waals surface area contributed by atoms with Gasteiger partial charge in [0, 0.05) is 25.6 Å². The fourth-order valence-electron chi connectivity index (χ4n) is 8.34. The van der Waals surface area contributed by atoms with Crippen LogP contribution in [0.1, 0.15) is 51.5 Å². The van der Waals surface area contributed by atoms with E-state index in [9.17, 15) is 14.4 Å². The lowest BCUT2D eigenvalue weighted by molar-refractivity contribution is -0.346. The van der Waals surface area contributed by atoms with Gasteiger partial charge < -0.3 is 57.7 Å². The van der Waals surface area contributed by atoms with Crippen molar-refractivity contribution >= 4 is 17.7 Å². The Balaban J connectivity index is 1.01. The van der Waals surface area contributed by atoms with E-state index in [1.54, 1.807) is 27.7 Å². The largest absolute Gasteiger partial charge is 0.368 e. The summed E-state index contributed by atoms with van der Waals surface area (Å²) in [6.07, 6.45) is -6.25. The number of rotatable bonds is 9. The summed E-state index contributed by atoms with van der Waals surface area (Å²) in [5, 5.41) is 3.06. The molecule has 1 N–H and O–H groups in total. The highest BCUT2D eigenvalue weighted by Gasteiger charge is 2.66. The average molecular weight is 738 g/mol. The second-order valence-corrected chi connectivity index (χ2v) is 15.1. The number of benzene rings is 2. The first-order valence-electron chi connectivity index (χ1n) is 18.2. The molecule has 0 saturated carbocycles. The van der Waals surface area contributed by atoms with E-state index in [-0.39, 0.29) is 32.8 Å². The summed E-state index contributed by atoms with van der Waals surface area (Å²) >= 11 is 0. The summed E-state index contributed by atoms with van der Waals surface area (Å²) < 4.78 is 56.0. The molecule has 6 aliphatic heterocycles. The molecule has 6 saturated heterocycles. The Kier molecular flexibility index (Phi) is 9.83. The minimum Gasteiger partial charge on any atom is -0.368 e. The van der Waals surface area contributed by atoms with Crippen LogP contribution >= 0.6 is 0 Å². The lowest BCUT2D eigenvalue weighted by atomic mass is 9.90. The Hall–Kier alpha value is -3.51. The Morgan fingerprint density at radius 1 is 0.849 bits per heavy atom. The summed E-state index contributed by atoms with van der Waals surface area (Å²) in [4.78, 5) is 44.0. The molecule has 0 aromatic heterocycles. The molecule has 6 heterocycles. The normalized spacial score (nSPS) is 37.0. The first-order chi connectivity index (χ1) is 25.4. The van der Waals surface area contributed by atoms with Crippen molar-refractivity contribution in [2.24, 2.45) is 0 Å². The highest BCUT2D eigenvalue weighted by molar-refractivity contribution is 6.37. The number of hydrogen-bond acceptors (Lipinski definition) is 12. The molecule has 3 amide bonds. The van der Waals surface area contributed by atoms with Gasteiger partial charge in [0.15, 0.2) is 24.2 Å². The Morgan fingerprint density at radius 2 is 1.55 bits per heavy atom. The summed E-state index contributed by atoms with van der Waals surface area (Å²) in [7, 11) is 1.50. The second-order valence-electron chi connectivity index (χ2n) is 15.1. The van der Waals surface area contributed by atoms with Crippen molar-refractivity contribution in [3.63, 3.8) is 0 Å². The minimum atomic E-state index is -0.992. The minimum absolute atomic E-state index is 0.0670. The molecule has 2 aromatic rings. The Bertz CT molecular complexity index is 1660. The maximum Gasteiger partial charge on any atom is 0.314 e. The number of hydrogen-bond donors (Lipinski definition) is 1. The van der Waals surface area contributed by atoms with Gasteiger partial charge in [-0.15, -0.1) is 0 Å². The number of ether oxygens (including phenoxy) is 9. The van der Waals surface area contributed by atoms with Crippen LogP contribution in [0.5, 0.6) is 0 Å². The van der Waals surface area contributed by atoms with Gasteiger partial charge in [-0.05, 0) is 33.3 Å². The van der Waals surface area contributed by atoms with Gasteiger partial charge in [0.25, 0.3) is 0 Å². The quantitative estimate of drug-likeness (QED) is 0.375. The zero-order valence-corrected chi connectivity index (χ0v) is 30.5. The summed E-state index contributed by atoms with van der Waals surface area (Å²) in [6.45, 7) is 7.72. The van der Waals surface area contributed by atoms with Gasteiger partial charge in [-0.3, -0.25) is 14.4 Å². The van der Waals surface area contributed by atoms with Crippen LogP contribution in [-0.2, 0) is 63.6 Å². The van der Waals surface area contributed by atoms with Crippen LogP contribution in [0, 0.1) is 0 Å². The van der Waals surface area contributed by atoms with Gasteiger partial charge in [-0.2, -0.15) is 0 Å². The summed E-state index contributed by atoms with van der Waals surface area (Å²) in [5.74, 6) is -3.74. The van der Waals surface area contributed by atoms with E-state index in [4.69, 9.17) is 42.6 Å². The van der Waals surface area contributed by atoms with Gasteiger partial charge in [0.2, 0.25) is 5.91 Å². The average Bonchev–Trinajstić information content (AvgIpc) is 3.61. The molecule has 0 spiro atoms. The molecule has 0 aliphatic carbocycles. The summed E-state index contributed by atoms with van der Waals surface area (Å²) in [5.41, 5.74) is 1.78. The number of amides is 3. The SMILES string of the molecule is CO[C@H]1O[C@@H]2COC(c3ccccc3)O[C@H]2[C@H](OCc2ccccc2)[C@@H]1NC(=O)CCN1C(=O)C(=O)N2[C@@H]3COC(C)(C)O[C@H]3[C@@H]3OC(C)(C)O[C@@H]3[C@@H]12. The molecule has 15 heteroatoms. The van der Waals surface area contributed by atoms with E-state index < -0.39 is 96.7 Å². The van der Waals surface area contributed by atoms with Crippen LogP contribution in [-0.4, -0.2) is 127 Å². The number of piperidine rings is 1. The Labute approximate surface area is 308 Å². The van der Waals surface area contributed by atoms with Crippen LogP contribution in [0.4, 0.5) is 0 Å². The first kappa shape index (κ1) is 36.5. The van der Waals surface area contributed by atoms with E-state index >= 15 is 0 Å². The van der Waals surface area contributed by atoms with Crippen LogP contribution in [0.3, 0.4) is 0 Å². The van der Waals surface area contributed by atoms with Crippen LogP contribution in [0.2, 0.25) is 0 Å². The van der Waals surface area contributed by atoms with Crippen molar-refractivity contribution in [2.45, 2.75) is 120 Å². The van der Waals surface area contributed by atoms with Crippen molar-refractivity contribution in [2.75, 3.05) is 26.9 Å². The molecular formula is C38H47N3O12. The Morgan fingerprint density at radius 3 is 2.28 bits per heavy atom. The summed E-state index contributed by atoms with van der Waals surface area (Å²) in [6, 6.07) is 17.9. The molecule has 15 nitrogen and oxygen atoms in total. The number of fused-ring (bicyclic) bond motifs is 7. The third-order valence-electron chi connectivity index (χ3n) is 10.7. The fraction of sp³-hybridized carbons (Fsp3) is 0.605. The van der Waals surface area contributed by atoms with Crippen LogP contribution in [0.15, 0.2) is 60.7 Å². The zero-order valence-electron chi connectivity index (χ0n) is 30.5. The van der Waals surface area contributed by atoms with Crippen molar-refractivity contribution in [3.8, 4) is 0 Å². The van der Waals surface area contributed by atoms with E-state index in [0.717, 1.165) is 11.1 Å². The van der Waals surface area contributed by atoms with Crippen molar-refractivity contribution in [3.05, 3.63) is 71.8 Å². The third-order valence-corrected chi connectivity index (χ3v) is 10.7. The number of nitrogens with one attached hydrogen (secondary N) is 1. The number of carbonyl (C=O) groups is 3. The van der Waals surface area contributed by atoms with E-state index in [0.29, 0.717) is 0 Å². The van der Waals surface area contributed by atoms with Crippen LogP contribution in [0.25, 0.3) is 0 Å². The second kappa shape index (κ2) is 14.3. The van der Waals surface area contributed by atoms with Gasteiger partial charge in [0.05, 0.1) is 25.9 Å². The van der Waals surface area contributed by atoms with Crippen molar-refractivity contribution < 1.29 is 57.0 Å². The number of methoxy groups -OCH3 is 1. The molecule has 53 heavy (non-hydrogen) atoms.